The van der Waals surface area contributed by atoms with E-state index in [4.69, 9.17) is 19.9 Å². The van der Waals surface area contributed by atoms with Crippen LogP contribution in [-0.4, -0.2) is 73.9 Å². The lowest BCUT2D eigenvalue weighted by molar-refractivity contribution is -0.116. The monoisotopic (exact) mass is 486 g/mol. The average molecular weight is 487 g/mol. The first-order valence-electron chi connectivity index (χ1n) is 11.5. The number of ether oxygens (including phenoxy) is 3. The summed E-state index contributed by atoms with van der Waals surface area (Å²) >= 11 is 0. The number of carbonyl (C=O) groups is 3. The van der Waals surface area contributed by atoms with E-state index in [0.29, 0.717) is 52.6 Å². The molecule has 188 valence electrons. The third-order valence-corrected chi connectivity index (χ3v) is 5.32. The summed E-state index contributed by atoms with van der Waals surface area (Å²) in [6.07, 6.45) is 1.45. The molecule has 1 aliphatic carbocycles. The van der Waals surface area contributed by atoms with Gasteiger partial charge in [0.25, 0.3) is 0 Å². The quantitative estimate of drug-likeness (QED) is 0.250. The molecule has 3 rings (SSSR count). The Bertz CT molecular complexity index is 1070. The second-order valence-corrected chi connectivity index (χ2v) is 7.91. The molecule has 0 saturated heterocycles. The molecular weight excluding hydrogens is 456 g/mol. The number of anilines is 1. The zero-order valence-electron chi connectivity index (χ0n) is 19.4. The minimum Gasteiger partial charge on any atom is -0.507 e. The number of benzene rings is 2. The van der Waals surface area contributed by atoms with Gasteiger partial charge in [-0.05, 0) is 31.5 Å². The van der Waals surface area contributed by atoms with Crippen molar-refractivity contribution >= 4 is 23.2 Å². The summed E-state index contributed by atoms with van der Waals surface area (Å²) in [5, 5.41) is 23.0. The molecule has 0 saturated carbocycles. The number of nitrogens with two attached hydrogens (primary N) is 1. The summed E-state index contributed by atoms with van der Waals surface area (Å²) in [5.74, 6) is -2.27. The van der Waals surface area contributed by atoms with Gasteiger partial charge in [-0.25, -0.2) is 0 Å². The van der Waals surface area contributed by atoms with E-state index in [1.807, 2.05) is 0 Å². The molecule has 10 heteroatoms. The van der Waals surface area contributed by atoms with Gasteiger partial charge in [-0.1, -0.05) is 12.1 Å². The topological polar surface area (TPSA) is 157 Å². The average Bonchev–Trinajstić information content (AvgIpc) is 2.82. The number of ketones is 2. The highest BCUT2D eigenvalue weighted by Crippen LogP contribution is 2.38. The number of phenolic OH excluding ortho intramolecular Hbond substituents is 2. The standard InChI is InChI=1S/C25H30N2O8/c26-7-3-9-34-11-13-35-12-10-33-8-2-6-21(30)27-16-14-18-23(20(29)15-16)25(32)22-17(24(18)31)4-1-5-19(22)28/h1,4-5,14-15,28-29H,2-3,6-13,26H2,(H,27,30). The molecule has 0 unspecified atom stereocenters. The molecule has 0 radical (unpaired) electrons. The van der Waals surface area contributed by atoms with Crippen LogP contribution in [0.15, 0.2) is 30.3 Å². The van der Waals surface area contributed by atoms with Gasteiger partial charge in [0, 0.05) is 42.5 Å². The van der Waals surface area contributed by atoms with E-state index < -0.39 is 17.3 Å². The predicted molar refractivity (Wildman–Crippen MR) is 127 cm³/mol. The summed E-state index contributed by atoms with van der Waals surface area (Å²) in [5.41, 5.74) is 5.25. The SMILES string of the molecule is NCCCOCCOCCOCCCC(=O)Nc1cc(O)c2c(c1)C(=O)c1cccc(O)c1C2=O. The number of amides is 1. The minimum atomic E-state index is -0.650. The smallest absolute Gasteiger partial charge is 0.224 e. The fourth-order valence-electron chi connectivity index (χ4n) is 3.64. The number of aromatic hydroxyl groups is 2. The van der Waals surface area contributed by atoms with E-state index in [2.05, 4.69) is 5.32 Å². The zero-order valence-corrected chi connectivity index (χ0v) is 19.4. The number of nitrogens with one attached hydrogen (secondary N) is 1. The minimum absolute atomic E-state index is 0.0310. The van der Waals surface area contributed by atoms with Gasteiger partial charge in [-0.2, -0.15) is 0 Å². The zero-order chi connectivity index (χ0) is 25.2. The number of phenols is 2. The van der Waals surface area contributed by atoms with E-state index in [0.717, 1.165) is 6.42 Å². The van der Waals surface area contributed by atoms with Crippen molar-refractivity contribution in [1.82, 2.24) is 0 Å². The van der Waals surface area contributed by atoms with Gasteiger partial charge in [0.15, 0.2) is 5.78 Å². The molecule has 5 N–H and O–H groups in total. The first kappa shape index (κ1) is 26.3. The van der Waals surface area contributed by atoms with Crippen LogP contribution in [0.25, 0.3) is 0 Å². The molecule has 0 bridgehead atoms. The fraction of sp³-hybridized carbons (Fsp3) is 0.400. The summed E-state index contributed by atoms with van der Waals surface area (Å²) in [7, 11) is 0. The van der Waals surface area contributed by atoms with Crippen LogP contribution in [0.3, 0.4) is 0 Å². The van der Waals surface area contributed by atoms with Crippen LogP contribution in [0.5, 0.6) is 11.5 Å². The number of rotatable bonds is 14. The molecule has 1 amide bonds. The second kappa shape index (κ2) is 13.0. The highest BCUT2D eigenvalue weighted by molar-refractivity contribution is 6.30. The molecule has 2 aromatic carbocycles. The van der Waals surface area contributed by atoms with Gasteiger partial charge < -0.3 is 35.5 Å². The number of carbonyl (C=O) groups excluding carboxylic acids is 3. The number of hydrogen-bond donors (Lipinski definition) is 4. The van der Waals surface area contributed by atoms with Crippen molar-refractivity contribution in [1.29, 1.82) is 0 Å². The number of hydrogen-bond acceptors (Lipinski definition) is 9. The lowest BCUT2D eigenvalue weighted by Crippen LogP contribution is -2.22. The Balaban J connectivity index is 1.43. The van der Waals surface area contributed by atoms with Crippen LogP contribution >= 0.6 is 0 Å². The molecule has 0 atom stereocenters. The van der Waals surface area contributed by atoms with Crippen LogP contribution in [-0.2, 0) is 19.0 Å². The Hall–Kier alpha value is -3.31. The van der Waals surface area contributed by atoms with E-state index in [9.17, 15) is 24.6 Å². The molecular formula is C25H30N2O8. The van der Waals surface area contributed by atoms with Gasteiger partial charge in [0.2, 0.25) is 11.7 Å². The molecule has 0 fully saturated rings. The highest BCUT2D eigenvalue weighted by atomic mass is 16.5. The van der Waals surface area contributed by atoms with Crippen molar-refractivity contribution in [2.24, 2.45) is 5.73 Å². The van der Waals surface area contributed by atoms with Crippen LogP contribution in [0, 0.1) is 0 Å². The van der Waals surface area contributed by atoms with E-state index in [1.54, 1.807) is 0 Å². The molecule has 0 spiro atoms. The Labute approximate surface area is 203 Å². The van der Waals surface area contributed by atoms with Gasteiger partial charge >= 0.3 is 0 Å². The molecule has 2 aromatic rings. The van der Waals surface area contributed by atoms with Gasteiger partial charge in [-0.15, -0.1) is 0 Å². The van der Waals surface area contributed by atoms with Crippen LogP contribution in [0.1, 0.15) is 51.1 Å². The first-order valence-corrected chi connectivity index (χ1v) is 11.5. The Morgan fingerprint density at radius 2 is 1.43 bits per heavy atom. The van der Waals surface area contributed by atoms with Crippen LogP contribution < -0.4 is 11.1 Å². The molecule has 0 aliphatic heterocycles. The maximum atomic E-state index is 12.9. The van der Waals surface area contributed by atoms with Crippen molar-refractivity contribution in [3.05, 3.63) is 52.6 Å². The second-order valence-electron chi connectivity index (χ2n) is 7.91. The normalized spacial score (nSPS) is 12.4. The summed E-state index contributed by atoms with van der Waals surface area (Å²) in [6.45, 7) is 3.40. The maximum Gasteiger partial charge on any atom is 0.224 e. The van der Waals surface area contributed by atoms with Crippen molar-refractivity contribution in [3.8, 4) is 11.5 Å². The van der Waals surface area contributed by atoms with Crippen LogP contribution in [0.4, 0.5) is 5.69 Å². The Morgan fingerprint density at radius 1 is 0.800 bits per heavy atom. The maximum absolute atomic E-state index is 12.9. The fourth-order valence-corrected chi connectivity index (χ4v) is 3.64. The summed E-state index contributed by atoms with van der Waals surface area (Å²) < 4.78 is 16.1. The van der Waals surface area contributed by atoms with Gasteiger partial charge in [0.1, 0.15) is 11.5 Å². The summed E-state index contributed by atoms with van der Waals surface area (Å²) in [4.78, 5) is 37.9. The van der Waals surface area contributed by atoms with E-state index in [-0.39, 0.29) is 46.0 Å². The molecule has 10 nitrogen and oxygen atoms in total. The molecule has 1 aliphatic rings. The van der Waals surface area contributed by atoms with E-state index in [1.165, 1.54) is 30.3 Å². The van der Waals surface area contributed by atoms with Crippen molar-refractivity contribution < 1.29 is 38.8 Å². The van der Waals surface area contributed by atoms with Gasteiger partial charge in [0.05, 0.1) is 37.6 Å². The first-order chi connectivity index (χ1) is 16.9. The number of fused-ring (bicyclic) bond motifs is 2. The van der Waals surface area contributed by atoms with Gasteiger partial charge in [-0.3, -0.25) is 14.4 Å². The predicted octanol–water partition coefficient (Wildman–Crippen LogP) is 1.99. The Morgan fingerprint density at radius 3 is 2.11 bits per heavy atom. The van der Waals surface area contributed by atoms with Crippen LogP contribution in [0.2, 0.25) is 0 Å². The summed E-state index contributed by atoms with van der Waals surface area (Å²) in [6, 6.07) is 6.76. The molecule has 0 aromatic heterocycles. The lowest BCUT2D eigenvalue weighted by atomic mass is 9.83. The lowest BCUT2D eigenvalue weighted by Gasteiger charge is -2.20. The Kier molecular flexibility index (Phi) is 9.74. The van der Waals surface area contributed by atoms with Crippen molar-refractivity contribution in [2.75, 3.05) is 51.5 Å². The third-order valence-electron chi connectivity index (χ3n) is 5.32. The third kappa shape index (κ3) is 6.86. The largest absolute Gasteiger partial charge is 0.507 e. The highest BCUT2D eigenvalue weighted by Gasteiger charge is 2.34. The molecule has 35 heavy (non-hydrogen) atoms. The van der Waals surface area contributed by atoms with E-state index >= 15 is 0 Å². The molecule has 0 heterocycles. The van der Waals surface area contributed by atoms with Crippen molar-refractivity contribution in [2.45, 2.75) is 19.3 Å². The van der Waals surface area contributed by atoms with Crippen molar-refractivity contribution in [3.63, 3.8) is 0 Å².